The first-order valence-corrected chi connectivity index (χ1v) is 6.30. The number of nitrogens with zero attached hydrogens (tertiary/aromatic N) is 1. The van der Waals surface area contributed by atoms with Crippen LogP contribution >= 0.6 is 0 Å². The Hall–Kier alpha value is -2.56. The normalized spacial score (nSPS) is 12.5. The van der Waals surface area contributed by atoms with Crippen molar-refractivity contribution in [3.05, 3.63) is 53.8 Å². The van der Waals surface area contributed by atoms with Crippen LogP contribution in [0, 0.1) is 5.82 Å². The molecule has 0 fully saturated rings. The van der Waals surface area contributed by atoms with Crippen LogP contribution in [0.3, 0.4) is 0 Å². The third kappa shape index (κ3) is 2.42. The average molecular weight is 271 g/mol. The van der Waals surface area contributed by atoms with Gasteiger partial charge >= 0.3 is 0 Å². The number of rotatable bonds is 3. The molecule has 0 bridgehead atoms. The lowest BCUT2D eigenvalue weighted by Gasteiger charge is -2.12. The number of hydrogen-bond acceptors (Lipinski definition) is 4. The highest BCUT2D eigenvalue weighted by atomic mass is 19.1. The number of oxazole rings is 1. The van der Waals surface area contributed by atoms with E-state index in [1.807, 2.05) is 13.0 Å². The van der Waals surface area contributed by atoms with Crippen LogP contribution in [0.4, 0.5) is 16.1 Å². The summed E-state index contributed by atoms with van der Waals surface area (Å²) in [5.74, 6) is -0.263. The molecule has 4 nitrogen and oxygen atoms in total. The molecule has 2 aromatic carbocycles. The quantitative estimate of drug-likeness (QED) is 0.712. The monoisotopic (exact) mass is 271 g/mol. The minimum absolute atomic E-state index is 0.115. The Labute approximate surface area is 115 Å². The summed E-state index contributed by atoms with van der Waals surface area (Å²) in [4.78, 5) is 4.31. The summed E-state index contributed by atoms with van der Waals surface area (Å²) < 4.78 is 18.8. The Morgan fingerprint density at radius 1 is 1.25 bits per heavy atom. The highest BCUT2D eigenvalue weighted by molar-refractivity contribution is 5.78. The highest BCUT2D eigenvalue weighted by Gasteiger charge is 2.11. The van der Waals surface area contributed by atoms with Crippen LogP contribution in [0.5, 0.6) is 0 Å². The SMILES string of the molecule is CC(Nc1nc2cc(N)ccc2o1)c1cccc(F)c1. The fourth-order valence-electron chi connectivity index (χ4n) is 2.05. The second kappa shape index (κ2) is 4.85. The van der Waals surface area contributed by atoms with Crippen molar-refractivity contribution in [2.24, 2.45) is 0 Å². The number of fused-ring (bicyclic) bond motifs is 1. The van der Waals surface area contributed by atoms with Crippen molar-refractivity contribution in [1.82, 2.24) is 4.98 Å². The van der Waals surface area contributed by atoms with Crippen molar-refractivity contribution in [3.63, 3.8) is 0 Å². The number of nitrogen functional groups attached to an aromatic ring is 1. The summed E-state index contributed by atoms with van der Waals surface area (Å²) in [7, 11) is 0. The van der Waals surface area contributed by atoms with E-state index in [1.165, 1.54) is 12.1 Å². The molecule has 0 radical (unpaired) electrons. The molecule has 0 amide bonds. The van der Waals surface area contributed by atoms with Crippen LogP contribution in [0.15, 0.2) is 46.9 Å². The summed E-state index contributed by atoms with van der Waals surface area (Å²) in [6, 6.07) is 12.0. The highest BCUT2D eigenvalue weighted by Crippen LogP contribution is 2.24. The van der Waals surface area contributed by atoms with Crippen LogP contribution < -0.4 is 11.1 Å². The number of anilines is 2. The van der Waals surface area contributed by atoms with Crippen molar-refractivity contribution >= 4 is 22.8 Å². The molecule has 1 atom stereocenters. The lowest BCUT2D eigenvalue weighted by Crippen LogP contribution is -2.06. The molecule has 0 saturated heterocycles. The third-order valence-corrected chi connectivity index (χ3v) is 3.10. The van der Waals surface area contributed by atoms with Gasteiger partial charge in [0.2, 0.25) is 0 Å². The first kappa shape index (κ1) is 12.5. The van der Waals surface area contributed by atoms with E-state index in [-0.39, 0.29) is 11.9 Å². The van der Waals surface area contributed by atoms with Gasteiger partial charge in [0.15, 0.2) is 5.58 Å². The van der Waals surface area contributed by atoms with Crippen molar-refractivity contribution in [3.8, 4) is 0 Å². The smallest absolute Gasteiger partial charge is 0.296 e. The molecule has 0 aliphatic rings. The predicted octanol–water partition coefficient (Wildman–Crippen LogP) is 3.72. The number of nitrogens with one attached hydrogen (secondary N) is 1. The van der Waals surface area contributed by atoms with Gasteiger partial charge in [0, 0.05) is 5.69 Å². The summed E-state index contributed by atoms with van der Waals surface area (Å²) in [5.41, 5.74) is 8.51. The van der Waals surface area contributed by atoms with Crippen LogP contribution in [-0.4, -0.2) is 4.98 Å². The molecule has 3 aromatic rings. The molecule has 1 heterocycles. The van der Waals surface area contributed by atoms with Gasteiger partial charge < -0.3 is 15.5 Å². The first-order valence-electron chi connectivity index (χ1n) is 6.30. The van der Waals surface area contributed by atoms with Gasteiger partial charge in [-0.2, -0.15) is 4.98 Å². The fourth-order valence-corrected chi connectivity index (χ4v) is 2.05. The zero-order chi connectivity index (χ0) is 14.1. The maximum Gasteiger partial charge on any atom is 0.296 e. The summed E-state index contributed by atoms with van der Waals surface area (Å²) in [6.07, 6.45) is 0. The lowest BCUT2D eigenvalue weighted by molar-refractivity contribution is 0.600. The van der Waals surface area contributed by atoms with Gasteiger partial charge in [0.1, 0.15) is 11.3 Å². The standard InChI is InChI=1S/C15H14FN3O/c1-9(10-3-2-4-11(16)7-10)18-15-19-13-8-12(17)5-6-14(13)20-15/h2-9H,17H2,1H3,(H,18,19). The van der Waals surface area contributed by atoms with Gasteiger partial charge in [-0.1, -0.05) is 12.1 Å². The molecule has 3 N–H and O–H groups in total. The Balaban J connectivity index is 1.85. The second-order valence-corrected chi connectivity index (χ2v) is 4.67. The van der Waals surface area contributed by atoms with E-state index in [4.69, 9.17) is 10.2 Å². The van der Waals surface area contributed by atoms with E-state index < -0.39 is 0 Å². The van der Waals surface area contributed by atoms with E-state index in [0.717, 1.165) is 5.56 Å². The third-order valence-electron chi connectivity index (χ3n) is 3.10. The molecule has 0 aliphatic carbocycles. The van der Waals surface area contributed by atoms with Gasteiger partial charge in [0.25, 0.3) is 6.01 Å². The number of benzene rings is 2. The van der Waals surface area contributed by atoms with Crippen molar-refractivity contribution in [2.75, 3.05) is 11.1 Å². The van der Waals surface area contributed by atoms with Gasteiger partial charge in [-0.25, -0.2) is 4.39 Å². The Morgan fingerprint density at radius 2 is 2.10 bits per heavy atom. The van der Waals surface area contributed by atoms with Gasteiger partial charge in [-0.05, 0) is 42.8 Å². The molecule has 5 heteroatoms. The Kier molecular flexibility index (Phi) is 3.02. The molecular formula is C15H14FN3O. The lowest BCUT2D eigenvalue weighted by atomic mass is 10.1. The largest absolute Gasteiger partial charge is 0.424 e. The second-order valence-electron chi connectivity index (χ2n) is 4.67. The maximum atomic E-state index is 13.2. The summed E-state index contributed by atoms with van der Waals surface area (Å²) in [5, 5.41) is 3.11. The first-order chi connectivity index (χ1) is 9.61. The minimum Gasteiger partial charge on any atom is -0.424 e. The van der Waals surface area contributed by atoms with Crippen LogP contribution in [-0.2, 0) is 0 Å². The van der Waals surface area contributed by atoms with Crippen molar-refractivity contribution in [2.45, 2.75) is 13.0 Å². The molecule has 1 aromatic heterocycles. The van der Waals surface area contributed by atoms with Gasteiger partial charge in [-0.3, -0.25) is 0 Å². The van der Waals surface area contributed by atoms with Crippen LogP contribution in [0.1, 0.15) is 18.5 Å². The summed E-state index contributed by atoms with van der Waals surface area (Å²) in [6.45, 7) is 1.91. The van der Waals surface area contributed by atoms with Crippen LogP contribution in [0.25, 0.3) is 11.1 Å². The molecule has 3 rings (SSSR count). The zero-order valence-electron chi connectivity index (χ0n) is 10.9. The molecule has 0 aliphatic heterocycles. The van der Waals surface area contributed by atoms with E-state index in [9.17, 15) is 4.39 Å². The molecule has 20 heavy (non-hydrogen) atoms. The number of hydrogen-bond donors (Lipinski definition) is 2. The molecule has 102 valence electrons. The minimum atomic E-state index is -0.263. The van der Waals surface area contributed by atoms with Crippen molar-refractivity contribution in [1.29, 1.82) is 0 Å². The Morgan fingerprint density at radius 3 is 2.90 bits per heavy atom. The zero-order valence-corrected chi connectivity index (χ0v) is 10.9. The number of aromatic nitrogens is 1. The van der Waals surface area contributed by atoms with Crippen LogP contribution in [0.2, 0.25) is 0 Å². The van der Waals surface area contributed by atoms with Crippen molar-refractivity contribution < 1.29 is 8.81 Å². The molecule has 0 saturated carbocycles. The Bertz CT molecular complexity index is 754. The fraction of sp³-hybridized carbons (Fsp3) is 0.133. The topological polar surface area (TPSA) is 64.1 Å². The summed E-state index contributed by atoms with van der Waals surface area (Å²) >= 11 is 0. The van der Waals surface area contributed by atoms with E-state index in [2.05, 4.69) is 10.3 Å². The van der Waals surface area contributed by atoms with E-state index in [1.54, 1.807) is 24.3 Å². The van der Waals surface area contributed by atoms with Gasteiger partial charge in [-0.15, -0.1) is 0 Å². The molecular weight excluding hydrogens is 257 g/mol. The predicted molar refractivity (Wildman–Crippen MR) is 76.9 cm³/mol. The molecule has 1 unspecified atom stereocenters. The van der Waals surface area contributed by atoms with Gasteiger partial charge in [0.05, 0.1) is 6.04 Å². The molecule has 0 spiro atoms. The van der Waals surface area contributed by atoms with E-state index >= 15 is 0 Å². The average Bonchev–Trinajstić information content (AvgIpc) is 2.80. The van der Waals surface area contributed by atoms with E-state index in [0.29, 0.717) is 22.8 Å². The maximum absolute atomic E-state index is 13.2. The number of nitrogens with two attached hydrogens (primary N) is 1. The number of halogens is 1.